The Morgan fingerprint density at radius 3 is 3.07 bits per heavy atom. The van der Waals surface area contributed by atoms with Crippen molar-refractivity contribution in [2.24, 2.45) is 0 Å². The minimum atomic E-state index is 0.654. The van der Waals surface area contributed by atoms with E-state index < -0.39 is 0 Å². The van der Waals surface area contributed by atoms with Crippen LogP contribution in [0.3, 0.4) is 0 Å². The van der Waals surface area contributed by atoms with E-state index in [2.05, 4.69) is 10.2 Å². The van der Waals surface area contributed by atoms with Crippen molar-refractivity contribution >= 4 is 6.29 Å². The highest BCUT2D eigenvalue weighted by Gasteiger charge is 2.15. The van der Waals surface area contributed by atoms with Gasteiger partial charge in [0, 0.05) is 12.1 Å². The number of aromatic amines is 1. The lowest BCUT2D eigenvalue weighted by atomic mass is 9.94. The molecule has 2 rings (SSSR count). The van der Waals surface area contributed by atoms with Gasteiger partial charge in [0.1, 0.15) is 6.29 Å². The molecule has 0 unspecified atom stereocenters. The highest BCUT2D eigenvalue weighted by Crippen LogP contribution is 2.22. The van der Waals surface area contributed by atoms with Crippen LogP contribution in [0.25, 0.3) is 0 Å². The van der Waals surface area contributed by atoms with E-state index in [1.165, 1.54) is 36.2 Å². The number of hydrogen-bond donors (Lipinski definition) is 1. The molecule has 0 aromatic carbocycles. The molecule has 1 aliphatic rings. The second-order valence-electron chi connectivity index (χ2n) is 3.89. The molecule has 0 radical (unpaired) electrons. The van der Waals surface area contributed by atoms with Crippen molar-refractivity contribution in [1.82, 2.24) is 10.2 Å². The van der Waals surface area contributed by atoms with E-state index in [0.717, 1.165) is 25.5 Å². The molecule has 1 aromatic heterocycles. The summed E-state index contributed by atoms with van der Waals surface area (Å²) in [5.74, 6) is 0. The molecule has 76 valence electrons. The molecule has 0 saturated carbocycles. The molecular weight excluding hydrogens is 176 g/mol. The molecule has 1 aromatic rings. The molecule has 3 nitrogen and oxygen atoms in total. The van der Waals surface area contributed by atoms with Gasteiger partial charge in [0.2, 0.25) is 0 Å². The van der Waals surface area contributed by atoms with Gasteiger partial charge in [-0.3, -0.25) is 5.10 Å². The number of aryl methyl sites for hydroxylation is 2. The topological polar surface area (TPSA) is 45.8 Å². The Labute approximate surface area is 83.9 Å². The van der Waals surface area contributed by atoms with Crippen LogP contribution >= 0.6 is 0 Å². The van der Waals surface area contributed by atoms with Crippen molar-refractivity contribution in [3.8, 4) is 0 Å². The second kappa shape index (κ2) is 4.40. The van der Waals surface area contributed by atoms with Gasteiger partial charge in [0.25, 0.3) is 0 Å². The summed E-state index contributed by atoms with van der Waals surface area (Å²) >= 11 is 0. The molecule has 0 spiro atoms. The van der Waals surface area contributed by atoms with E-state index in [-0.39, 0.29) is 0 Å². The summed E-state index contributed by atoms with van der Waals surface area (Å²) in [6.45, 7) is 0. The molecule has 14 heavy (non-hydrogen) atoms. The molecule has 0 aliphatic heterocycles. The standard InChI is InChI=1S/C11H16N2O/c14-8-4-3-7-11-9-5-1-2-6-10(9)12-13-11/h8H,1-7H2,(H,12,13). The van der Waals surface area contributed by atoms with Gasteiger partial charge in [0.05, 0.1) is 5.69 Å². The van der Waals surface area contributed by atoms with Crippen LogP contribution in [0.2, 0.25) is 0 Å². The molecule has 0 fully saturated rings. The summed E-state index contributed by atoms with van der Waals surface area (Å²) in [6.07, 6.45) is 8.40. The Morgan fingerprint density at radius 2 is 2.21 bits per heavy atom. The lowest BCUT2D eigenvalue weighted by molar-refractivity contribution is -0.107. The van der Waals surface area contributed by atoms with Gasteiger partial charge in [0.15, 0.2) is 0 Å². The number of carbonyl (C=O) groups excluding carboxylic acids is 1. The zero-order chi connectivity index (χ0) is 9.80. The number of H-pyrrole nitrogens is 1. The molecule has 3 heteroatoms. The number of nitrogens with one attached hydrogen (secondary N) is 1. The smallest absolute Gasteiger partial charge is 0.120 e. The van der Waals surface area contributed by atoms with E-state index >= 15 is 0 Å². The normalized spacial score (nSPS) is 15.1. The van der Waals surface area contributed by atoms with Crippen LogP contribution in [0.15, 0.2) is 0 Å². The van der Waals surface area contributed by atoms with Crippen LogP contribution in [0, 0.1) is 0 Å². The maximum absolute atomic E-state index is 10.2. The highest BCUT2D eigenvalue weighted by atomic mass is 16.1. The maximum atomic E-state index is 10.2. The summed E-state index contributed by atoms with van der Waals surface area (Å²) in [6, 6.07) is 0. The number of fused-ring (bicyclic) bond motifs is 1. The fraction of sp³-hybridized carbons (Fsp3) is 0.636. The van der Waals surface area contributed by atoms with E-state index in [0.29, 0.717) is 6.42 Å². The summed E-state index contributed by atoms with van der Waals surface area (Å²) in [5, 5.41) is 7.44. The van der Waals surface area contributed by atoms with Crippen molar-refractivity contribution in [2.75, 3.05) is 0 Å². The quantitative estimate of drug-likeness (QED) is 0.584. The van der Waals surface area contributed by atoms with E-state index in [1.807, 2.05) is 0 Å². The van der Waals surface area contributed by atoms with Gasteiger partial charge in [-0.1, -0.05) is 0 Å². The van der Waals surface area contributed by atoms with Crippen LogP contribution in [0.4, 0.5) is 0 Å². The molecule has 1 heterocycles. The van der Waals surface area contributed by atoms with Crippen LogP contribution < -0.4 is 0 Å². The van der Waals surface area contributed by atoms with Gasteiger partial charge in [-0.2, -0.15) is 5.10 Å². The average Bonchev–Trinajstić information content (AvgIpc) is 2.63. The number of aromatic nitrogens is 2. The molecule has 0 amide bonds. The Morgan fingerprint density at radius 1 is 1.36 bits per heavy atom. The van der Waals surface area contributed by atoms with Crippen molar-refractivity contribution in [2.45, 2.75) is 44.9 Å². The Hall–Kier alpha value is -1.12. The van der Waals surface area contributed by atoms with Crippen LogP contribution in [0.1, 0.15) is 42.6 Å². The van der Waals surface area contributed by atoms with Crippen molar-refractivity contribution in [3.05, 3.63) is 17.0 Å². The Balaban J connectivity index is 2.02. The minimum absolute atomic E-state index is 0.654. The first-order chi connectivity index (χ1) is 6.92. The maximum Gasteiger partial charge on any atom is 0.120 e. The number of unbranched alkanes of at least 4 members (excludes halogenated alkanes) is 1. The number of aldehydes is 1. The predicted octanol–water partition coefficient (Wildman–Crippen LogP) is 1.81. The Kier molecular flexibility index (Phi) is 2.96. The van der Waals surface area contributed by atoms with Crippen LogP contribution in [-0.2, 0) is 24.1 Å². The summed E-state index contributed by atoms with van der Waals surface area (Å²) in [4.78, 5) is 10.2. The largest absolute Gasteiger partial charge is 0.303 e. The zero-order valence-electron chi connectivity index (χ0n) is 8.38. The van der Waals surface area contributed by atoms with Gasteiger partial charge in [-0.05, 0) is 44.1 Å². The third-order valence-electron chi connectivity index (χ3n) is 2.88. The molecule has 1 N–H and O–H groups in total. The summed E-state index contributed by atoms with van der Waals surface area (Å²) in [5.41, 5.74) is 3.96. The van der Waals surface area contributed by atoms with Crippen LogP contribution in [0.5, 0.6) is 0 Å². The summed E-state index contributed by atoms with van der Waals surface area (Å²) < 4.78 is 0. The molecule has 1 aliphatic carbocycles. The average molecular weight is 192 g/mol. The van der Waals surface area contributed by atoms with Gasteiger partial charge in [-0.25, -0.2) is 0 Å². The Bertz CT molecular complexity index is 317. The van der Waals surface area contributed by atoms with Gasteiger partial charge in [-0.15, -0.1) is 0 Å². The molecule has 0 saturated heterocycles. The lowest BCUT2D eigenvalue weighted by Crippen LogP contribution is -2.02. The van der Waals surface area contributed by atoms with E-state index in [4.69, 9.17) is 0 Å². The second-order valence-corrected chi connectivity index (χ2v) is 3.89. The van der Waals surface area contributed by atoms with E-state index in [9.17, 15) is 4.79 Å². The molecule has 0 atom stereocenters. The van der Waals surface area contributed by atoms with Crippen molar-refractivity contribution < 1.29 is 4.79 Å². The third-order valence-corrected chi connectivity index (χ3v) is 2.88. The van der Waals surface area contributed by atoms with Crippen LogP contribution in [-0.4, -0.2) is 16.5 Å². The van der Waals surface area contributed by atoms with E-state index in [1.54, 1.807) is 0 Å². The highest BCUT2D eigenvalue weighted by molar-refractivity contribution is 5.49. The minimum Gasteiger partial charge on any atom is -0.303 e. The number of rotatable bonds is 4. The third kappa shape index (κ3) is 1.86. The molecular formula is C11H16N2O. The van der Waals surface area contributed by atoms with Crippen molar-refractivity contribution in [1.29, 1.82) is 0 Å². The number of hydrogen-bond acceptors (Lipinski definition) is 2. The van der Waals surface area contributed by atoms with Crippen molar-refractivity contribution in [3.63, 3.8) is 0 Å². The SMILES string of the molecule is O=CCCCc1n[nH]c2c1CCCC2. The monoisotopic (exact) mass is 192 g/mol. The fourth-order valence-corrected chi connectivity index (χ4v) is 2.11. The predicted molar refractivity (Wildman–Crippen MR) is 54.2 cm³/mol. The first kappa shape index (κ1) is 9.44. The lowest BCUT2D eigenvalue weighted by Gasteiger charge is -2.10. The fourth-order valence-electron chi connectivity index (χ4n) is 2.11. The van der Waals surface area contributed by atoms with Gasteiger partial charge < -0.3 is 4.79 Å². The first-order valence-electron chi connectivity index (χ1n) is 5.40. The number of carbonyl (C=O) groups is 1. The first-order valence-corrected chi connectivity index (χ1v) is 5.40. The summed E-state index contributed by atoms with van der Waals surface area (Å²) in [7, 11) is 0. The van der Waals surface area contributed by atoms with Gasteiger partial charge >= 0.3 is 0 Å². The molecule has 0 bridgehead atoms. The number of nitrogens with zero attached hydrogens (tertiary/aromatic N) is 1. The zero-order valence-corrected chi connectivity index (χ0v) is 8.38.